The van der Waals surface area contributed by atoms with Gasteiger partial charge in [-0.15, -0.1) is 0 Å². The lowest BCUT2D eigenvalue weighted by Gasteiger charge is -2.28. The number of amides is 3. The van der Waals surface area contributed by atoms with Gasteiger partial charge in [0.1, 0.15) is 0 Å². The zero-order chi connectivity index (χ0) is 14.0. The number of nitrogen functional groups attached to an aromatic ring is 1. The fourth-order valence-corrected chi connectivity index (χ4v) is 1.84. The van der Waals surface area contributed by atoms with E-state index in [0.29, 0.717) is 5.16 Å². The van der Waals surface area contributed by atoms with E-state index < -0.39 is 12.1 Å². The van der Waals surface area contributed by atoms with E-state index in [-0.39, 0.29) is 23.9 Å². The maximum Gasteiger partial charge on any atom is 0.433 e. The van der Waals surface area contributed by atoms with E-state index in [1.807, 2.05) is 0 Å². The number of nitrogens with zero attached hydrogens (tertiary/aromatic N) is 3. The normalized spacial score (nSPS) is 13.4. The van der Waals surface area contributed by atoms with E-state index in [9.17, 15) is 9.59 Å². The van der Waals surface area contributed by atoms with E-state index >= 15 is 0 Å². The highest BCUT2D eigenvalue weighted by Gasteiger charge is 2.31. The van der Waals surface area contributed by atoms with Gasteiger partial charge in [-0.3, -0.25) is 5.32 Å². The SMILES string of the molecule is CCOC(=O)N1NC(=O)Nc2nc(SC)nc(N)c21. The lowest BCUT2D eigenvalue weighted by molar-refractivity contribution is 0.156. The number of aromatic nitrogens is 2. The molecule has 0 fully saturated rings. The Labute approximate surface area is 112 Å². The lowest BCUT2D eigenvalue weighted by Crippen LogP contribution is -2.52. The molecular weight excluding hydrogens is 272 g/mol. The number of hydrazine groups is 1. The molecule has 0 bridgehead atoms. The van der Waals surface area contributed by atoms with Crippen LogP contribution in [0, 0.1) is 0 Å². The number of fused-ring (bicyclic) bond motifs is 1. The van der Waals surface area contributed by atoms with Crippen LogP contribution in [0.3, 0.4) is 0 Å². The van der Waals surface area contributed by atoms with Gasteiger partial charge in [0.25, 0.3) is 0 Å². The van der Waals surface area contributed by atoms with Gasteiger partial charge in [0.2, 0.25) is 0 Å². The Kier molecular flexibility index (Phi) is 3.60. The predicted octanol–water partition coefficient (Wildman–Crippen LogP) is 0.794. The minimum atomic E-state index is -0.759. The van der Waals surface area contributed by atoms with Gasteiger partial charge in [0.15, 0.2) is 22.5 Å². The van der Waals surface area contributed by atoms with Crippen LogP contribution < -0.4 is 21.5 Å². The molecule has 4 N–H and O–H groups in total. The first-order valence-electron chi connectivity index (χ1n) is 5.32. The number of hydrogen-bond donors (Lipinski definition) is 3. The summed E-state index contributed by atoms with van der Waals surface area (Å²) in [5, 5.41) is 3.74. The smallest absolute Gasteiger partial charge is 0.433 e. The number of urea groups is 1. The summed E-state index contributed by atoms with van der Waals surface area (Å²) in [6, 6.07) is -0.606. The molecule has 10 heteroatoms. The molecule has 2 rings (SSSR count). The molecular formula is C9H12N6O3S. The molecule has 9 nitrogen and oxygen atoms in total. The van der Waals surface area contributed by atoms with Crippen LogP contribution in [0.1, 0.15) is 6.92 Å². The molecule has 0 saturated heterocycles. The van der Waals surface area contributed by atoms with Crippen LogP contribution in [0.15, 0.2) is 5.16 Å². The van der Waals surface area contributed by atoms with Crippen LogP contribution in [0.5, 0.6) is 0 Å². The van der Waals surface area contributed by atoms with Crippen molar-refractivity contribution >= 4 is 41.2 Å². The number of ether oxygens (including phenoxy) is 1. The molecule has 0 aromatic carbocycles. The summed E-state index contributed by atoms with van der Waals surface area (Å²) in [7, 11) is 0. The van der Waals surface area contributed by atoms with Crippen LogP contribution in [-0.4, -0.2) is 35.0 Å². The van der Waals surface area contributed by atoms with Crippen molar-refractivity contribution in [2.45, 2.75) is 12.1 Å². The van der Waals surface area contributed by atoms with E-state index in [0.717, 1.165) is 5.01 Å². The highest BCUT2D eigenvalue weighted by molar-refractivity contribution is 7.98. The summed E-state index contributed by atoms with van der Waals surface area (Å²) < 4.78 is 4.83. The summed E-state index contributed by atoms with van der Waals surface area (Å²) in [4.78, 5) is 31.3. The third-order valence-electron chi connectivity index (χ3n) is 2.19. The molecule has 0 unspecified atom stereocenters. The summed E-state index contributed by atoms with van der Waals surface area (Å²) in [5.41, 5.74) is 8.22. The highest BCUT2D eigenvalue weighted by Crippen LogP contribution is 2.32. The molecule has 0 spiro atoms. The van der Waals surface area contributed by atoms with Gasteiger partial charge >= 0.3 is 12.1 Å². The average molecular weight is 284 g/mol. The van der Waals surface area contributed by atoms with Crippen molar-refractivity contribution in [3.63, 3.8) is 0 Å². The molecule has 1 aromatic heterocycles. The molecule has 102 valence electrons. The molecule has 0 aliphatic carbocycles. The summed E-state index contributed by atoms with van der Waals surface area (Å²) in [6.45, 7) is 1.82. The largest absolute Gasteiger partial charge is 0.448 e. The Balaban J connectivity index is 2.47. The maximum atomic E-state index is 11.8. The van der Waals surface area contributed by atoms with Gasteiger partial charge < -0.3 is 10.5 Å². The Morgan fingerprint density at radius 3 is 2.89 bits per heavy atom. The number of nitrogens with two attached hydrogens (primary N) is 1. The third-order valence-corrected chi connectivity index (χ3v) is 2.74. The van der Waals surface area contributed by atoms with Crippen LogP contribution >= 0.6 is 11.8 Å². The maximum absolute atomic E-state index is 11.8. The Hall–Kier alpha value is -2.23. The van der Waals surface area contributed by atoms with E-state index in [2.05, 4.69) is 20.7 Å². The lowest BCUT2D eigenvalue weighted by atomic mass is 10.4. The first-order chi connectivity index (χ1) is 9.06. The number of rotatable bonds is 2. The molecule has 0 atom stereocenters. The highest BCUT2D eigenvalue weighted by atomic mass is 32.2. The summed E-state index contributed by atoms with van der Waals surface area (Å²) in [6.07, 6.45) is 1.01. The first kappa shape index (κ1) is 13.2. The number of nitrogens with one attached hydrogen (secondary N) is 2. The zero-order valence-electron chi connectivity index (χ0n) is 10.3. The summed E-state index contributed by atoms with van der Waals surface area (Å²) in [5.74, 6) is 0.226. The van der Waals surface area contributed by atoms with Crippen molar-refractivity contribution in [3.8, 4) is 0 Å². The van der Waals surface area contributed by atoms with Crippen molar-refractivity contribution in [1.82, 2.24) is 15.4 Å². The van der Waals surface area contributed by atoms with Gasteiger partial charge in [0, 0.05) is 0 Å². The van der Waals surface area contributed by atoms with Gasteiger partial charge in [-0.2, -0.15) is 5.01 Å². The summed E-state index contributed by atoms with van der Waals surface area (Å²) >= 11 is 1.27. The second kappa shape index (κ2) is 5.18. The molecule has 1 aliphatic heterocycles. The van der Waals surface area contributed by atoms with Crippen molar-refractivity contribution in [3.05, 3.63) is 0 Å². The molecule has 1 aromatic rings. The van der Waals surface area contributed by atoms with Gasteiger partial charge in [-0.05, 0) is 13.2 Å². The van der Waals surface area contributed by atoms with Gasteiger partial charge in [-0.25, -0.2) is 25.0 Å². The molecule has 3 amide bonds. The molecule has 2 heterocycles. The van der Waals surface area contributed by atoms with Gasteiger partial charge in [-0.1, -0.05) is 11.8 Å². The molecule has 1 aliphatic rings. The second-order valence-corrected chi connectivity index (χ2v) is 4.17. The Morgan fingerprint density at radius 1 is 1.53 bits per heavy atom. The van der Waals surface area contributed by atoms with E-state index in [1.165, 1.54) is 11.8 Å². The van der Waals surface area contributed by atoms with Crippen molar-refractivity contribution in [2.24, 2.45) is 0 Å². The topological polar surface area (TPSA) is 122 Å². The molecule has 0 radical (unpaired) electrons. The third kappa shape index (κ3) is 2.47. The van der Waals surface area contributed by atoms with Crippen LogP contribution in [0.4, 0.5) is 26.9 Å². The molecule has 0 saturated carbocycles. The second-order valence-electron chi connectivity index (χ2n) is 3.39. The minimum absolute atomic E-state index is 0.0647. The Morgan fingerprint density at radius 2 is 2.26 bits per heavy atom. The van der Waals surface area contributed by atoms with Crippen molar-refractivity contribution < 1.29 is 14.3 Å². The van der Waals surface area contributed by atoms with Crippen LogP contribution in [-0.2, 0) is 4.74 Å². The number of hydrogen-bond acceptors (Lipinski definition) is 7. The fraction of sp³-hybridized carbons (Fsp3) is 0.333. The predicted molar refractivity (Wildman–Crippen MR) is 69.9 cm³/mol. The monoisotopic (exact) mass is 284 g/mol. The van der Waals surface area contributed by atoms with Gasteiger partial charge in [0.05, 0.1) is 6.61 Å². The first-order valence-corrected chi connectivity index (χ1v) is 6.55. The minimum Gasteiger partial charge on any atom is -0.448 e. The fourth-order valence-electron chi connectivity index (χ4n) is 1.47. The zero-order valence-corrected chi connectivity index (χ0v) is 11.1. The number of anilines is 3. The molecule has 19 heavy (non-hydrogen) atoms. The number of thioether (sulfide) groups is 1. The van der Waals surface area contributed by atoms with Crippen LogP contribution in [0.2, 0.25) is 0 Å². The van der Waals surface area contributed by atoms with Crippen LogP contribution in [0.25, 0.3) is 0 Å². The van der Waals surface area contributed by atoms with Crippen molar-refractivity contribution in [2.75, 3.05) is 28.9 Å². The Bertz CT molecular complexity index is 537. The van der Waals surface area contributed by atoms with Crippen molar-refractivity contribution in [1.29, 1.82) is 0 Å². The number of carbonyl (C=O) groups excluding carboxylic acids is 2. The van der Waals surface area contributed by atoms with E-state index in [1.54, 1.807) is 13.2 Å². The average Bonchev–Trinajstić information content (AvgIpc) is 2.37. The number of carbonyl (C=O) groups is 2. The quantitative estimate of drug-likeness (QED) is 0.542. The van der Waals surface area contributed by atoms with E-state index in [4.69, 9.17) is 10.5 Å². The standard InChI is InChI=1S/C9H12N6O3S/c1-3-18-9(17)15-4-5(10)11-8(19-2)13-6(4)12-7(16)14-15/h3H2,1-2H3,(H4,10,11,12,13,14,16).